The highest BCUT2D eigenvalue weighted by atomic mass is 16.3. The predicted octanol–water partition coefficient (Wildman–Crippen LogP) is 4.45. The Morgan fingerprint density at radius 1 is 1.30 bits per heavy atom. The third kappa shape index (κ3) is 3.60. The van der Waals surface area contributed by atoms with E-state index in [1.807, 2.05) is 18.2 Å². The second kappa shape index (κ2) is 6.75. The first-order valence-corrected chi connectivity index (χ1v) is 6.82. The predicted molar refractivity (Wildman–Crippen MR) is 81.5 cm³/mol. The van der Waals surface area contributed by atoms with Gasteiger partial charge in [0.15, 0.2) is 0 Å². The molecular weight excluding hydrogens is 250 g/mol. The first-order chi connectivity index (χ1) is 9.70. The molecule has 1 N–H and O–H groups in total. The number of benzene rings is 1. The Morgan fingerprint density at radius 2 is 2.10 bits per heavy atom. The number of hydrogen-bond acceptors (Lipinski definition) is 2. The van der Waals surface area contributed by atoms with Crippen LogP contribution >= 0.6 is 0 Å². The van der Waals surface area contributed by atoms with Crippen LogP contribution in [0.2, 0.25) is 0 Å². The molecule has 3 nitrogen and oxygen atoms in total. The standard InChI is InChI=1S/C17H19NO2/c1-3-13(2)15-8-4-5-9-16(15)18-17(19)11-10-14-7-6-12-20-14/h4-13H,3H2,1-2H3,(H,18,19)/b11-10+. The molecule has 0 aliphatic heterocycles. The molecule has 0 saturated heterocycles. The molecule has 2 aromatic rings. The molecule has 104 valence electrons. The molecule has 1 atom stereocenters. The fourth-order valence-corrected chi connectivity index (χ4v) is 1.98. The van der Waals surface area contributed by atoms with Crippen LogP contribution in [0.1, 0.15) is 37.5 Å². The van der Waals surface area contributed by atoms with E-state index in [0.717, 1.165) is 17.7 Å². The Balaban J connectivity index is 2.08. The first kappa shape index (κ1) is 14.1. The zero-order valence-corrected chi connectivity index (χ0v) is 11.8. The molecule has 1 aromatic heterocycles. The molecule has 1 unspecified atom stereocenters. The van der Waals surface area contributed by atoms with Crippen molar-refractivity contribution in [1.29, 1.82) is 0 Å². The number of para-hydroxylation sites is 1. The van der Waals surface area contributed by atoms with Crippen LogP contribution in [-0.4, -0.2) is 5.91 Å². The molecule has 0 aliphatic rings. The topological polar surface area (TPSA) is 42.2 Å². The van der Waals surface area contributed by atoms with Crippen LogP contribution in [0.15, 0.2) is 53.2 Å². The third-order valence-corrected chi connectivity index (χ3v) is 3.30. The smallest absolute Gasteiger partial charge is 0.248 e. The van der Waals surface area contributed by atoms with Gasteiger partial charge in [0.25, 0.3) is 0 Å². The van der Waals surface area contributed by atoms with Gasteiger partial charge in [0.1, 0.15) is 5.76 Å². The number of hydrogen-bond donors (Lipinski definition) is 1. The van der Waals surface area contributed by atoms with Gasteiger partial charge in [-0.15, -0.1) is 0 Å². The van der Waals surface area contributed by atoms with Crippen molar-refractivity contribution in [3.63, 3.8) is 0 Å². The molecule has 0 radical (unpaired) electrons. The summed E-state index contributed by atoms with van der Waals surface area (Å²) in [6.07, 6.45) is 5.75. The van der Waals surface area contributed by atoms with E-state index in [2.05, 4.69) is 25.2 Å². The summed E-state index contributed by atoms with van der Waals surface area (Å²) in [5.74, 6) is 0.924. The van der Waals surface area contributed by atoms with E-state index >= 15 is 0 Å². The first-order valence-electron chi connectivity index (χ1n) is 6.82. The summed E-state index contributed by atoms with van der Waals surface area (Å²) in [6, 6.07) is 11.5. The van der Waals surface area contributed by atoms with Crippen LogP contribution in [0.4, 0.5) is 5.69 Å². The summed E-state index contributed by atoms with van der Waals surface area (Å²) in [7, 11) is 0. The van der Waals surface area contributed by atoms with Crippen molar-refractivity contribution >= 4 is 17.7 Å². The number of carbonyl (C=O) groups is 1. The second-order valence-corrected chi connectivity index (χ2v) is 4.73. The van der Waals surface area contributed by atoms with E-state index in [1.54, 1.807) is 24.5 Å². The summed E-state index contributed by atoms with van der Waals surface area (Å²) in [5, 5.41) is 2.92. The van der Waals surface area contributed by atoms with Gasteiger partial charge in [-0.2, -0.15) is 0 Å². The molecule has 2 rings (SSSR count). The highest BCUT2D eigenvalue weighted by Gasteiger charge is 2.09. The van der Waals surface area contributed by atoms with Gasteiger partial charge in [0.05, 0.1) is 6.26 Å². The minimum Gasteiger partial charge on any atom is -0.465 e. The summed E-state index contributed by atoms with van der Waals surface area (Å²) in [6.45, 7) is 4.30. The molecule has 0 saturated carbocycles. The number of nitrogens with one attached hydrogen (secondary N) is 1. The van der Waals surface area contributed by atoms with E-state index in [9.17, 15) is 4.79 Å². The number of carbonyl (C=O) groups excluding carboxylic acids is 1. The number of amides is 1. The zero-order valence-electron chi connectivity index (χ0n) is 11.8. The van der Waals surface area contributed by atoms with Gasteiger partial charge in [-0.05, 0) is 42.2 Å². The lowest BCUT2D eigenvalue weighted by Gasteiger charge is -2.14. The van der Waals surface area contributed by atoms with Crippen molar-refractivity contribution in [3.05, 3.63) is 60.1 Å². The van der Waals surface area contributed by atoms with E-state index < -0.39 is 0 Å². The Morgan fingerprint density at radius 3 is 2.80 bits per heavy atom. The molecule has 0 bridgehead atoms. The van der Waals surface area contributed by atoms with Crippen molar-refractivity contribution in [2.24, 2.45) is 0 Å². The van der Waals surface area contributed by atoms with Gasteiger partial charge in [-0.1, -0.05) is 32.0 Å². The fraction of sp³-hybridized carbons (Fsp3) is 0.235. The van der Waals surface area contributed by atoms with Crippen LogP contribution in [-0.2, 0) is 4.79 Å². The third-order valence-electron chi connectivity index (χ3n) is 3.30. The maximum atomic E-state index is 11.9. The maximum absolute atomic E-state index is 11.9. The van der Waals surface area contributed by atoms with Crippen molar-refractivity contribution in [3.8, 4) is 0 Å². The average Bonchev–Trinajstić information content (AvgIpc) is 2.98. The molecule has 0 spiro atoms. The average molecular weight is 269 g/mol. The van der Waals surface area contributed by atoms with Gasteiger partial charge in [-0.3, -0.25) is 4.79 Å². The lowest BCUT2D eigenvalue weighted by atomic mass is 9.97. The van der Waals surface area contributed by atoms with Gasteiger partial charge in [0.2, 0.25) is 5.91 Å². The second-order valence-electron chi connectivity index (χ2n) is 4.73. The maximum Gasteiger partial charge on any atom is 0.248 e. The Hall–Kier alpha value is -2.29. The van der Waals surface area contributed by atoms with Gasteiger partial charge in [0, 0.05) is 11.8 Å². The van der Waals surface area contributed by atoms with Gasteiger partial charge >= 0.3 is 0 Å². The molecule has 0 aliphatic carbocycles. The van der Waals surface area contributed by atoms with Crippen molar-refractivity contribution < 1.29 is 9.21 Å². The van der Waals surface area contributed by atoms with Crippen LogP contribution in [0, 0.1) is 0 Å². The molecular formula is C17H19NO2. The van der Waals surface area contributed by atoms with Crippen LogP contribution < -0.4 is 5.32 Å². The molecule has 3 heteroatoms. The largest absolute Gasteiger partial charge is 0.465 e. The van der Waals surface area contributed by atoms with Crippen LogP contribution in [0.5, 0.6) is 0 Å². The zero-order chi connectivity index (χ0) is 14.4. The summed E-state index contributed by atoms with van der Waals surface area (Å²) < 4.78 is 5.15. The van der Waals surface area contributed by atoms with Crippen molar-refractivity contribution in [2.75, 3.05) is 5.32 Å². The SMILES string of the molecule is CCC(C)c1ccccc1NC(=O)/C=C/c1ccco1. The minimum atomic E-state index is -0.155. The Labute approximate surface area is 119 Å². The summed E-state index contributed by atoms with van der Waals surface area (Å²) >= 11 is 0. The van der Waals surface area contributed by atoms with Gasteiger partial charge < -0.3 is 9.73 Å². The molecule has 20 heavy (non-hydrogen) atoms. The van der Waals surface area contributed by atoms with E-state index in [0.29, 0.717) is 11.7 Å². The van der Waals surface area contributed by atoms with E-state index in [4.69, 9.17) is 4.42 Å². The Bertz CT molecular complexity index is 585. The Kier molecular flexibility index (Phi) is 4.77. The molecule has 1 amide bonds. The van der Waals surface area contributed by atoms with Crippen molar-refractivity contribution in [2.45, 2.75) is 26.2 Å². The number of rotatable bonds is 5. The number of anilines is 1. The lowest BCUT2D eigenvalue weighted by molar-refractivity contribution is -0.111. The monoisotopic (exact) mass is 269 g/mol. The lowest BCUT2D eigenvalue weighted by Crippen LogP contribution is -2.10. The number of furan rings is 1. The quantitative estimate of drug-likeness (QED) is 0.815. The van der Waals surface area contributed by atoms with Crippen LogP contribution in [0.25, 0.3) is 6.08 Å². The fourth-order valence-electron chi connectivity index (χ4n) is 1.98. The van der Waals surface area contributed by atoms with E-state index in [-0.39, 0.29) is 5.91 Å². The highest BCUT2D eigenvalue weighted by molar-refractivity contribution is 6.02. The van der Waals surface area contributed by atoms with E-state index in [1.165, 1.54) is 6.08 Å². The highest BCUT2D eigenvalue weighted by Crippen LogP contribution is 2.26. The molecule has 1 aromatic carbocycles. The van der Waals surface area contributed by atoms with Gasteiger partial charge in [-0.25, -0.2) is 0 Å². The molecule has 1 heterocycles. The molecule has 0 fully saturated rings. The summed E-state index contributed by atoms with van der Waals surface area (Å²) in [5.41, 5.74) is 2.03. The summed E-state index contributed by atoms with van der Waals surface area (Å²) in [4.78, 5) is 11.9. The van der Waals surface area contributed by atoms with Crippen molar-refractivity contribution in [1.82, 2.24) is 0 Å². The van der Waals surface area contributed by atoms with Crippen LogP contribution in [0.3, 0.4) is 0 Å². The normalized spacial score (nSPS) is 12.5. The minimum absolute atomic E-state index is 0.155.